The van der Waals surface area contributed by atoms with Crippen molar-refractivity contribution < 1.29 is 4.79 Å². The molecule has 6 heteroatoms. The Morgan fingerprint density at radius 3 is 2.77 bits per heavy atom. The maximum atomic E-state index is 12.8. The third-order valence-corrected chi connectivity index (χ3v) is 4.47. The second kappa shape index (κ2) is 5.38. The summed E-state index contributed by atoms with van der Waals surface area (Å²) in [7, 11) is 0. The highest BCUT2D eigenvalue weighted by atomic mass is 32.1. The molecular weight excluding hydrogens is 296 g/mol. The molecule has 1 atom stereocenters. The van der Waals surface area contributed by atoms with Crippen LogP contribution in [0.5, 0.6) is 0 Å². The van der Waals surface area contributed by atoms with Crippen LogP contribution in [0.15, 0.2) is 54.9 Å². The molecule has 0 saturated heterocycles. The minimum Gasteiger partial charge on any atom is -0.348 e. The fourth-order valence-electron chi connectivity index (χ4n) is 2.99. The van der Waals surface area contributed by atoms with Crippen molar-refractivity contribution in [3.63, 3.8) is 0 Å². The van der Waals surface area contributed by atoms with Crippen molar-refractivity contribution in [2.75, 3.05) is 6.54 Å². The van der Waals surface area contributed by atoms with E-state index in [1.807, 2.05) is 29.2 Å². The standard InChI is InChI=1S/C16H14N4OS/c21-16(13-11-17-22-18-13)20-10-9-19-8-4-7-14(19)15(20)12-5-2-1-3-6-12/h1-8,11,15H,9-10H2/t15-/m0/s1. The molecule has 3 heterocycles. The van der Waals surface area contributed by atoms with Crippen LogP contribution in [0.4, 0.5) is 0 Å². The summed E-state index contributed by atoms with van der Waals surface area (Å²) in [5.41, 5.74) is 2.67. The van der Waals surface area contributed by atoms with Crippen molar-refractivity contribution in [3.8, 4) is 0 Å². The highest BCUT2D eigenvalue weighted by Crippen LogP contribution is 2.33. The van der Waals surface area contributed by atoms with E-state index in [0.29, 0.717) is 12.2 Å². The van der Waals surface area contributed by atoms with Gasteiger partial charge >= 0.3 is 0 Å². The maximum absolute atomic E-state index is 12.8. The van der Waals surface area contributed by atoms with Crippen LogP contribution in [0.3, 0.4) is 0 Å². The average molecular weight is 310 g/mol. The predicted octanol–water partition coefficient (Wildman–Crippen LogP) is 2.59. The molecular formula is C16H14N4OS. The fourth-order valence-corrected chi connectivity index (χ4v) is 3.40. The lowest BCUT2D eigenvalue weighted by Crippen LogP contribution is -2.42. The SMILES string of the molecule is O=C(c1cnsn1)N1CCn2cccc2[C@@H]1c1ccccc1. The Labute approximate surface area is 132 Å². The van der Waals surface area contributed by atoms with Gasteiger partial charge in [-0.1, -0.05) is 30.3 Å². The van der Waals surface area contributed by atoms with Crippen LogP contribution in [-0.4, -0.2) is 30.7 Å². The maximum Gasteiger partial charge on any atom is 0.276 e. The second-order valence-corrected chi connectivity index (χ2v) is 5.79. The zero-order chi connectivity index (χ0) is 14.9. The largest absolute Gasteiger partial charge is 0.348 e. The third kappa shape index (κ3) is 2.12. The van der Waals surface area contributed by atoms with Crippen molar-refractivity contribution in [2.45, 2.75) is 12.6 Å². The molecule has 1 aliphatic rings. The molecule has 0 unspecified atom stereocenters. The lowest BCUT2D eigenvalue weighted by molar-refractivity contribution is 0.0659. The lowest BCUT2D eigenvalue weighted by atomic mass is 9.99. The van der Waals surface area contributed by atoms with Gasteiger partial charge in [-0.15, -0.1) is 0 Å². The highest BCUT2D eigenvalue weighted by Gasteiger charge is 2.33. The van der Waals surface area contributed by atoms with Crippen molar-refractivity contribution in [3.05, 3.63) is 71.8 Å². The van der Waals surface area contributed by atoms with Gasteiger partial charge in [0.25, 0.3) is 5.91 Å². The number of nitrogens with zero attached hydrogens (tertiary/aromatic N) is 4. The van der Waals surface area contributed by atoms with E-state index < -0.39 is 0 Å². The number of fused-ring (bicyclic) bond motifs is 1. The molecule has 1 amide bonds. The number of hydrogen-bond acceptors (Lipinski definition) is 4. The van der Waals surface area contributed by atoms with Gasteiger partial charge in [0, 0.05) is 25.0 Å². The van der Waals surface area contributed by atoms with E-state index >= 15 is 0 Å². The number of hydrogen-bond donors (Lipinski definition) is 0. The normalized spacial score (nSPS) is 17.3. The fraction of sp³-hybridized carbons (Fsp3) is 0.188. The molecule has 3 aromatic rings. The summed E-state index contributed by atoms with van der Waals surface area (Å²) >= 11 is 1.06. The van der Waals surface area contributed by atoms with Crippen LogP contribution in [0.2, 0.25) is 0 Å². The van der Waals surface area contributed by atoms with E-state index in [9.17, 15) is 4.79 Å². The topological polar surface area (TPSA) is 51.0 Å². The average Bonchev–Trinajstić information content (AvgIpc) is 3.25. The van der Waals surface area contributed by atoms with Crippen LogP contribution in [-0.2, 0) is 6.54 Å². The van der Waals surface area contributed by atoms with E-state index in [4.69, 9.17) is 0 Å². The first-order valence-corrected chi connectivity index (χ1v) is 7.86. The van der Waals surface area contributed by atoms with Crippen LogP contribution in [0, 0.1) is 0 Å². The summed E-state index contributed by atoms with van der Waals surface area (Å²) in [6.45, 7) is 1.46. The zero-order valence-corrected chi connectivity index (χ0v) is 12.6. The molecule has 0 spiro atoms. The lowest BCUT2D eigenvalue weighted by Gasteiger charge is -2.37. The number of rotatable bonds is 2. The van der Waals surface area contributed by atoms with Gasteiger partial charge in [0.15, 0.2) is 5.69 Å². The summed E-state index contributed by atoms with van der Waals surface area (Å²) in [5, 5.41) is 0. The summed E-state index contributed by atoms with van der Waals surface area (Å²) < 4.78 is 10.3. The van der Waals surface area contributed by atoms with E-state index in [0.717, 1.165) is 29.5 Å². The summed E-state index contributed by atoms with van der Waals surface area (Å²) in [6.07, 6.45) is 3.61. The number of carbonyl (C=O) groups excluding carboxylic acids is 1. The number of amides is 1. The van der Waals surface area contributed by atoms with Crippen molar-refractivity contribution in [2.24, 2.45) is 0 Å². The van der Waals surface area contributed by atoms with Gasteiger partial charge in [0.2, 0.25) is 0 Å². The van der Waals surface area contributed by atoms with Gasteiger partial charge in [0.05, 0.1) is 24.0 Å². The van der Waals surface area contributed by atoms with Gasteiger partial charge in [-0.05, 0) is 17.7 Å². The van der Waals surface area contributed by atoms with Crippen molar-refractivity contribution in [1.29, 1.82) is 0 Å². The molecule has 0 aliphatic carbocycles. The summed E-state index contributed by atoms with van der Waals surface area (Å²) in [6, 6.07) is 14.1. The molecule has 0 saturated carbocycles. The highest BCUT2D eigenvalue weighted by molar-refractivity contribution is 6.99. The quantitative estimate of drug-likeness (QED) is 0.731. The van der Waals surface area contributed by atoms with Gasteiger partial charge in [0.1, 0.15) is 0 Å². The molecule has 5 nitrogen and oxygen atoms in total. The van der Waals surface area contributed by atoms with E-state index in [2.05, 4.69) is 37.7 Å². The number of carbonyl (C=O) groups is 1. The van der Waals surface area contributed by atoms with Crippen LogP contribution in [0.25, 0.3) is 0 Å². The molecule has 1 aliphatic heterocycles. The summed E-state index contributed by atoms with van der Waals surface area (Å²) in [4.78, 5) is 14.7. The molecule has 0 bridgehead atoms. The van der Waals surface area contributed by atoms with Gasteiger partial charge < -0.3 is 9.47 Å². The molecule has 0 fully saturated rings. The Balaban J connectivity index is 1.79. The zero-order valence-electron chi connectivity index (χ0n) is 11.8. The Hall–Kier alpha value is -2.47. The van der Waals surface area contributed by atoms with Crippen LogP contribution >= 0.6 is 11.7 Å². The second-order valence-electron chi connectivity index (χ2n) is 5.23. The summed E-state index contributed by atoms with van der Waals surface area (Å²) in [5.74, 6) is -0.0601. The third-order valence-electron chi connectivity index (χ3n) is 3.99. The smallest absolute Gasteiger partial charge is 0.276 e. The molecule has 2 aromatic heterocycles. The molecule has 110 valence electrons. The van der Waals surface area contributed by atoms with Crippen molar-refractivity contribution >= 4 is 17.6 Å². The first-order chi connectivity index (χ1) is 10.8. The van der Waals surface area contributed by atoms with E-state index in [1.54, 1.807) is 6.20 Å². The Morgan fingerprint density at radius 1 is 1.14 bits per heavy atom. The first kappa shape index (κ1) is 13.2. The number of aromatic nitrogens is 3. The molecule has 0 N–H and O–H groups in total. The minimum absolute atomic E-state index is 0.0601. The molecule has 1 aromatic carbocycles. The first-order valence-electron chi connectivity index (χ1n) is 7.13. The monoisotopic (exact) mass is 310 g/mol. The minimum atomic E-state index is -0.0841. The van der Waals surface area contributed by atoms with E-state index in [1.165, 1.54) is 0 Å². The number of benzene rings is 1. The van der Waals surface area contributed by atoms with Crippen LogP contribution < -0.4 is 0 Å². The Morgan fingerprint density at radius 2 is 2.00 bits per heavy atom. The molecule has 22 heavy (non-hydrogen) atoms. The van der Waals surface area contributed by atoms with Gasteiger partial charge in [-0.3, -0.25) is 4.79 Å². The Bertz CT molecular complexity index is 782. The van der Waals surface area contributed by atoms with Crippen LogP contribution in [0.1, 0.15) is 27.8 Å². The van der Waals surface area contributed by atoms with Gasteiger partial charge in [-0.2, -0.15) is 8.75 Å². The molecule has 0 radical (unpaired) electrons. The van der Waals surface area contributed by atoms with Crippen molar-refractivity contribution in [1.82, 2.24) is 18.2 Å². The Kier molecular flexibility index (Phi) is 3.23. The predicted molar refractivity (Wildman–Crippen MR) is 83.7 cm³/mol. The van der Waals surface area contributed by atoms with E-state index in [-0.39, 0.29) is 11.9 Å². The molecule has 4 rings (SSSR count). The van der Waals surface area contributed by atoms with Gasteiger partial charge in [-0.25, -0.2) is 0 Å².